The van der Waals surface area contributed by atoms with Crippen LogP contribution in [0.1, 0.15) is 52.4 Å². The standard InChI is InChI=1S/C11H20O/c1-3-10(4-2)11(12)8-7-9-5-6-9/h9-10H,3-8H2,1-2H3. The van der Waals surface area contributed by atoms with Crippen LogP contribution >= 0.6 is 0 Å². The van der Waals surface area contributed by atoms with E-state index in [4.69, 9.17) is 0 Å². The molecule has 1 rings (SSSR count). The van der Waals surface area contributed by atoms with Crippen LogP contribution in [0, 0.1) is 11.8 Å². The lowest BCUT2D eigenvalue weighted by Gasteiger charge is -2.09. The Morgan fingerprint density at radius 1 is 1.33 bits per heavy atom. The van der Waals surface area contributed by atoms with Crippen molar-refractivity contribution in [1.29, 1.82) is 0 Å². The topological polar surface area (TPSA) is 17.1 Å². The minimum Gasteiger partial charge on any atom is -0.299 e. The Labute approximate surface area is 75.5 Å². The quantitative estimate of drug-likeness (QED) is 0.595. The van der Waals surface area contributed by atoms with Gasteiger partial charge in [0.2, 0.25) is 0 Å². The van der Waals surface area contributed by atoms with Crippen LogP contribution in [-0.4, -0.2) is 5.78 Å². The summed E-state index contributed by atoms with van der Waals surface area (Å²) in [4.78, 5) is 11.5. The molecule has 1 nitrogen and oxygen atoms in total. The molecule has 0 aromatic rings. The van der Waals surface area contributed by atoms with E-state index in [-0.39, 0.29) is 0 Å². The summed E-state index contributed by atoms with van der Waals surface area (Å²) >= 11 is 0. The molecule has 0 aliphatic heterocycles. The molecule has 0 saturated heterocycles. The average Bonchev–Trinajstić information content (AvgIpc) is 2.86. The molecule has 0 aromatic carbocycles. The van der Waals surface area contributed by atoms with Gasteiger partial charge in [0.05, 0.1) is 0 Å². The van der Waals surface area contributed by atoms with Gasteiger partial charge in [-0.25, -0.2) is 0 Å². The van der Waals surface area contributed by atoms with Gasteiger partial charge in [-0.1, -0.05) is 26.7 Å². The Kier molecular flexibility index (Phi) is 3.77. The molecule has 1 fully saturated rings. The minimum absolute atomic E-state index is 0.351. The van der Waals surface area contributed by atoms with Crippen molar-refractivity contribution < 1.29 is 4.79 Å². The lowest BCUT2D eigenvalue weighted by molar-refractivity contribution is -0.123. The number of Topliss-reactive ketones (excluding diaryl/α,β-unsaturated/α-hetero) is 1. The SMILES string of the molecule is CCC(CC)C(=O)CCC1CC1. The summed E-state index contributed by atoms with van der Waals surface area (Å²) in [5, 5.41) is 0. The predicted molar refractivity (Wildman–Crippen MR) is 51.0 cm³/mol. The van der Waals surface area contributed by atoms with Crippen LogP contribution in [0.3, 0.4) is 0 Å². The van der Waals surface area contributed by atoms with Crippen LogP contribution in [0.5, 0.6) is 0 Å². The molecule has 1 saturated carbocycles. The van der Waals surface area contributed by atoms with E-state index in [0.29, 0.717) is 11.7 Å². The molecule has 0 atom stereocenters. The van der Waals surface area contributed by atoms with Gasteiger partial charge < -0.3 is 0 Å². The molecule has 1 aliphatic carbocycles. The molecule has 1 heteroatoms. The fraction of sp³-hybridized carbons (Fsp3) is 0.909. The third-order valence-corrected chi connectivity index (χ3v) is 2.94. The van der Waals surface area contributed by atoms with Crippen LogP contribution < -0.4 is 0 Å². The summed E-state index contributed by atoms with van der Waals surface area (Å²) in [6.07, 6.45) is 6.80. The van der Waals surface area contributed by atoms with E-state index in [9.17, 15) is 4.79 Å². The van der Waals surface area contributed by atoms with E-state index in [2.05, 4.69) is 13.8 Å². The first-order valence-corrected chi connectivity index (χ1v) is 5.30. The van der Waals surface area contributed by atoms with Crippen LogP contribution in [0.2, 0.25) is 0 Å². The maximum Gasteiger partial charge on any atom is 0.135 e. The smallest absolute Gasteiger partial charge is 0.135 e. The third kappa shape index (κ3) is 2.96. The first-order valence-electron chi connectivity index (χ1n) is 5.30. The zero-order chi connectivity index (χ0) is 8.97. The summed E-state index contributed by atoms with van der Waals surface area (Å²) in [5.74, 6) is 1.76. The number of carbonyl (C=O) groups excluding carboxylic acids is 1. The highest BCUT2D eigenvalue weighted by molar-refractivity contribution is 5.80. The highest BCUT2D eigenvalue weighted by Gasteiger charge is 2.23. The normalized spacial score (nSPS) is 16.9. The Hall–Kier alpha value is -0.330. The molecular weight excluding hydrogens is 148 g/mol. The molecular formula is C11H20O. The number of carbonyl (C=O) groups is 1. The predicted octanol–water partition coefficient (Wildman–Crippen LogP) is 3.18. The van der Waals surface area contributed by atoms with Gasteiger partial charge in [0.25, 0.3) is 0 Å². The van der Waals surface area contributed by atoms with Gasteiger partial charge in [-0.2, -0.15) is 0 Å². The zero-order valence-corrected chi connectivity index (χ0v) is 8.31. The van der Waals surface area contributed by atoms with Crippen molar-refractivity contribution in [3.05, 3.63) is 0 Å². The van der Waals surface area contributed by atoms with E-state index >= 15 is 0 Å². The molecule has 0 heterocycles. The number of ketones is 1. The second-order valence-corrected chi connectivity index (χ2v) is 3.96. The van der Waals surface area contributed by atoms with Crippen molar-refractivity contribution in [3.8, 4) is 0 Å². The minimum atomic E-state index is 0.351. The zero-order valence-electron chi connectivity index (χ0n) is 8.31. The van der Waals surface area contributed by atoms with Crippen molar-refractivity contribution in [2.45, 2.75) is 52.4 Å². The molecule has 0 amide bonds. The van der Waals surface area contributed by atoms with Crippen molar-refractivity contribution in [2.75, 3.05) is 0 Å². The van der Waals surface area contributed by atoms with E-state index in [1.165, 1.54) is 12.8 Å². The molecule has 0 bridgehead atoms. The fourth-order valence-corrected chi connectivity index (χ4v) is 1.70. The van der Waals surface area contributed by atoms with Crippen molar-refractivity contribution >= 4 is 5.78 Å². The largest absolute Gasteiger partial charge is 0.299 e. The van der Waals surface area contributed by atoms with E-state index in [1.807, 2.05) is 0 Å². The molecule has 0 aromatic heterocycles. The summed E-state index contributed by atoms with van der Waals surface area (Å²) in [6.45, 7) is 4.23. The van der Waals surface area contributed by atoms with Gasteiger partial charge in [0.15, 0.2) is 0 Å². The van der Waals surface area contributed by atoms with Gasteiger partial charge >= 0.3 is 0 Å². The highest BCUT2D eigenvalue weighted by Crippen LogP contribution is 2.34. The molecule has 70 valence electrons. The first-order chi connectivity index (χ1) is 5.77. The lowest BCUT2D eigenvalue weighted by atomic mass is 9.94. The molecule has 0 radical (unpaired) electrons. The maximum absolute atomic E-state index is 11.5. The molecule has 0 spiro atoms. The van der Waals surface area contributed by atoms with Crippen LogP contribution in [-0.2, 0) is 4.79 Å². The Morgan fingerprint density at radius 2 is 1.92 bits per heavy atom. The fourth-order valence-electron chi connectivity index (χ4n) is 1.70. The van der Waals surface area contributed by atoms with Crippen LogP contribution in [0.25, 0.3) is 0 Å². The summed E-state index contributed by atoms with van der Waals surface area (Å²) < 4.78 is 0. The molecule has 1 aliphatic rings. The second-order valence-electron chi connectivity index (χ2n) is 3.96. The number of hydrogen-bond acceptors (Lipinski definition) is 1. The van der Waals surface area contributed by atoms with Gasteiger partial charge in [0.1, 0.15) is 5.78 Å². The highest BCUT2D eigenvalue weighted by atomic mass is 16.1. The Morgan fingerprint density at radius 3 is 2.33 bits per heavy atom. The van der Waals surface area contributed by atoms with E-state index in [0.717, 1.165) is 31.6 Å². The second kappa shape index (κ2) is 4.64. The first kappa shape index (κ1) is 9.76. The monoisotopic (exact) mass is 168 g/mol. The summed E-state index contributed by atoms with van der Waals surface area (Å²) in [6, 6.07) is 0. The van der Waals surface area contributed by atoms with Crippen molar-refractivity contribution in [3.63, 3.8) is 0 Å². The summed E-state index contributed by atoms with van der Waals surface area (Å²) in [7, 11) is 0. The number of rotatable bonds is 6. The van der Waals surface area contributed by atoms with Gasteiger partial charge in [-0.05, 0) is 25.2 Å². The van der Waals surface area contributed by atoms with Crippen LogP contribution in [0.4, 0.5) is 0 Å². The molecule has 12 heavy (non-hydrogen) atoms. The summed E-state index contributed by atoms with van der Waals surface area (Å²) in [5.41, 5.74) is 0. The van der Waals surface area contributed by atoms with E-state index < -0.39 is 0 Å². The van der Waals surface area contributed by atoms with E-state index in [1.54, 1.807) is 0 Å². The Balaban J connectivity index is 2.15. The molecule has 0 N–H and O–H groups in total. The maximum atomic E-state index is 11.5. The number of hydrogen-bond donors (Lipinski definition) is 0. The van der Waals surface area contributed by atoms with Crippen LogP contribution in [0.15, 0.2) is 0 Å². The molecule has 0 unspecified atom stereocenters. The van der Waals surface area contributed by atoms with Gasteiger partial charge in [0, 0.05) is 12.3 Å². The van der Waals surface area contributed by atoms with Gasteiger partial charge in [-0.3, -0.25) is 4.79 Å². The third-order valence-electron chi connectivity index (χ3n) is 2.94. The van der Waals surface area contributed by atoms with Crippen molar-refractivity contribution in [1.82, 2.24) is 0 Å². The average molecular weight is 168 g/mol. The lowest BCUT2D eigenvalue weighted by Crippen LogP contribution is -2.12. The van der Waals surface area contributed by atoms with Crippen molar-refractivity contribution in [2.24, 2.45) is 11.8 Å². The van der Waals surface area contributed by atoms with Gasteiger partial charge in [-0.15, -0.1) is 0 Å². The Bertz CT molecular complexity index is 143.